The van der Waals surface area contributed by atoms with Crippen LogP contribution in [0, 0.1) is 0 Å². The molecule has 102 valence electrons. The summed E-state index contributed by atoms with van der Waals surface area (Å²) in [7, 11) is 0. The molecular weight excluding hydrogens is 254 g/mol. The molecule has 2 N–H and O–H groups in total. The van der Waals surface area contributed by atoms with Gasteiger partial charge in [-0.1, -0.05) is 13.0 Å². The molecule has 1 aromatic carbocycles. The zero-order valence-electron chi connectivity index (χ0n) is 11.1. The summed E-state index contributed by atoms with van der Waals surface area (Å²) in [6, 6.07) is 7.52. The van der Waals surface area contributed by atoms with Crippen molar-refractivity contribution in [3.05, 3.63) is 53.9 Å². The van der Waals surface area contributed by atoms with E-state index in [0.29, 0.717) is 18.0 Å². The lowest BCUT2D eigenvalue weighted by molar-refractivity contribution is 0.0947. The Morgan fingerprint density at radius 2 is 2.30 bits per heavy atom. The fourth-order valence-electron chi connectivity index (χ4n) is 2.04. The summed E-state index contributed by atoms with van der Waals surface area (Å²) in [5.41, 5.74) is 1.56. The Balaban J connectivity index is 1.69. The van der Waals surface area contributed by atoms with Crippen molar-refractivity contribution in [1.82, 2.24) is 15.3 Å². The van der Waals surface area contributed by atoms with Crippen molar-refractivity contribution in [3.63, 3.8) is 0 Å². The number of rotatable bonds is 4. The van der Waals surface area contributed by atoms with Crippen LogP contribution in [0.15, 0.2) is 41.1 Å². The molecule has 3 rings (SSSR count). The molecule has 0 saturated carbocycles. The lowest BCUT2D eigenvalue weighted by Crippen LogP contribution is -2.22. The van der Waals surface area contributed by atoms with Gasteiger partial charge in [-0.15, -0.1) is 0 Å². The molecule has 0 atom stereocenters. The number of benzene rings is 1. The van der Waals surface area contributed by atoms with E-state index in [0.717, 1.165) is 23.1 Å². The van der Waals surface area contributed by atoms with E-state index in [9.17, 15) is 4.79 Å². The van der Waals surface area contributed by atoms with Gasteiger partial charge in [0.25, 0.3) is 5.91 Å². The number of hydrogen-bond donors (Lipinski definition) is 2. The average Bonchev–Trinajstić information content (AvgIpc) is 3.12. The highest BCUT2D eigenvalue weighted by atomic mass is 16.4. The molecule has 0 unspecified atom stereocenters. The van der Waals surface area contributed by atoms with E-state index in [1.807, 2.05) is 31.3 Å². The van der Waals surface area contributed by atoms with Crippen LogP contribution in [0.5, 0.6) is 0 Å². The lowest BCUT2D eigenvalue weighted by atomic mass is 10.1. The highest BCUT2D eigenvalue weighted by Gasteiger charge is 2.08. The van der Waals surface area contributed by atoms with Crippen molar-refractivity contribution in [2.45, 2.75) is 19.9 Å². The molecule has 0 radical (unpaired) electrons. The molecule has 0 saturated heterocycles. The van der Waals surface area contributed by atoms with Crippen molar-refractivity contribution in [1.29, 1.82) is 0 Å². The minimum Gasteiger partial charge on any atom is -0.444 e. The van der Waals surface area contributed by atoms with Crippen LogP contribution in [-0.4, -0.2) is 15.9 Å². The standard InChI is InChI=1S/C15H15N3O2/c1-2-12-8-17-14(20-12)9-18-15(19)11-4-3-10-5-6-16-13(10)7-11/h3-8,16H,2,9H2,1H3,(H,18,19). The second-order valence-electron chi connectivity index (χ2n) is 4.54. The van der Waals surface area contributed by atoms with Crippen LogP contribution in [0.2, 0.25) is 0 Å². The van der Waals surface area contributed by atoms with Crippen molar-refractivity contribution in [2.24, 2.45) is 0 Å². The van der Waals surface area contributed by atoms with Crippen LogP contribution < -0.4 is 5.32 Å². The van der Waals surface area contributed by atoms with E-state index in [4.69, 9.17) is 4.42 Å². The van der Waals surface area contributed by atoms with Gasteiger partial charge >= 0.3 is 0 Å². The number of nitrogens with one attached hydrogen (secondary N) is 2. The van der Waals surface area contributed by atoms with E-state index < -0.39 is 0 Å². The number of oxazole rings is 1. The predicted molar refractivity (Wildman–Crippen MR) is 75.3 cm³/mol. The molecule has 0 aliphatic rings. The minimum absolute atomic E-state index is 0.141. The van der Waals surface area contributed by atoms with E-state index >= 15 is 0 Å². The number of amides is 1. The molecule has 2 heterocycles. The molecular formula is C15H15N3O2. The zero-order chi connectivity index (χ0) is 13.9. The van der Waals surface area contributed by atoms with Gasteiger partial charge in [0.2, 0.25) is 5.89 Å². The first-order valence-corrected chi connectivity index (χ1v) is 6.55. The average molecular weight is 269 g/mol. The molecule has 5 heteroatoms. The van der Waals surface area contributed by atoms with Gasteiger partial charge in [-0.2, -0.15) is 0 Å². The highest BCUT2D eigenvalue weighted by Crippen LogP contribution is 2.14. The molecule has 0 aliphatic heterocycles. The first kappa shape index (κ1) is 12.5. The van der Waals surface area contributed by atoms with Crippen LogP contribution in [0.4, 0.5) is 0 Å². The molecule has 0 aliphatic carbocycles. The Bertz CT molecular complexity index is 742. The van der Waals surface area contributed by atoms with E-state index in [1.54, 1.807) is 12.3 Å². The van der Waals surface area contributed by atoms with Gasteiger partial charge in [0.1, 0.15) is 5.76 Å². The second-order valence-corrected chi connectivity index (χ2v) is 4.54. The largest absolute Gasteiger partial charge is 0.444 e. The van der Waals surface area contributed by atoms with Gasteiger partial charge in [-0.05, 0) is 23.6 Å². The first-order valence-electron chi connectivity index (χ1n) is 6.55. The summed E-state index contributed by atoms with van der Waals surface area (Å²) in [5, 5.41) is 3.89. The lowest BCUT2D eigenvalue weighted by Gasteiger charge is -2.03. The normalized spacial score (nSPS) is 10.8. The topological polar surface area (TPSA) is 70.9 Å². The van der Waals surface area contributed by atoms with Gasteiger partial charge in [0.15, 0.2) is 0 Å². The molecule has 0 spiro atoms. The Labute approximate surface area is 116 Å². The van der Waals surface area contributed by atoms with Crippen molar-refractivity contribution >= 4 is 16.8 Å². The summed E-state index contributed by atoms with van der Waals surface area (Å²) in [4.78, 5) is 19.3. The Morgan fingerprint density at radius 3 is 3.10 bits per heavy atom. The van der Waals surface area contributed by atoms with Gasteiger partial charge in [0, 0.05) is 23.7 Å². The number of H-pyrrole nitrogens is 1. The van der Waals surface area contributed by atoms with Gasteiger partial charge in [-0.3, -0.25) is 4.79 Å². The SMILES string of the molecule is CCc1cnc(CNC(=O)c2ccc3cc[nH]c3c2)o1. The third kappa shape index (κ3) is 2.42. The van der Waals surface area contributed by atoms with Crippen molar-refractivity contribution < 1.29 is 9.21 Å². The smallest absolute Gasteiger partial charge is 0.251 e. The van der Waals surface area contributed by atoms with Crippen LogP contribution in [0.1, 0.15) is 28.9 Å². The van der Waals surface area contributed by atoms with E-state index in [1.165, 1.54) is 0 Å². The molecule has 20 heavy (non-hydrogen) atoms. The van der Waals surface area contributed by atoms with Crippen molar-refractivity contribution in [2.75, 3.05) is 0 Å². The third-order valence-corrected chi connectivity index (χ3v) is 3.17. The number of fused-ring (bicyclic) bond motifs is 1. The molecule has 2 aromatic heterocycles. The minimum atomic E-state index is -0.141. The zero-order valence-corrected chi connectivity index (χ0v) is 11.1. The number of nitrogens with zero attached hydrogens (tertiary/aromatic N) is 1. The molecule has 0 bridgehead atoms. The number of aromatic nitrogens is 2. The van der Waals surface area contributed by atoms with Gasteiger partial charge in [0.05, 0.1) is 12.7 Å². The summed E-state index contributed by atoms with van der Waals surface area (Å²) in [6.45, 7) is 2.29. The summed E-state index contributed by atoms with van der Waals surface area (Å²) in [5.74, 6) is 1.20. The number of hydrogen-bond acceptors (Lipinski definition) is 3. The summed E-state index contributed by atoms with van der Waals surface area (Å²) >= 11 is 0. The molecule has 1 amide bonds. The highest BCUT2D eigenvalue weighted by molar-refractivity contribution is 5.97. The van der Waals surface area contributed by atoms with Crippen LogP contribution >= 0.6 is 0 Å². The predicted octanol–water partition coefficient (Wildman–Crippen LogP) is 2.65. The molecule has 5 nitrogen and oxygen atoms in total. The fourth-order valence-corrected chi connectivity index (χ4v) is 2.04. The van der Waals surface area contributed by atoms with Crippen LogP contribution in [0.3, 0.4) is 0 Å². The maximum atomic E-state index is 12.1. The maximum Gasteiger partial charge on any atom is 0.251 e. The fraction of sp³-hybridized carbons (Fsp3) is 0.200. The monoisotopic (exact) mass is 269 g/mol. The Kier molecular flexibility index (Phi) is 3.25. The number of aryl methyl sites for hydroxylation is 1. The number of aromatic amines is 1. The van der Waals surface area contributed by atoms with E-state index in [-0.39, 0.29) is 5.91 Å². The van der Waals surface area contributed by atoms with Crippen molar-refractivity contribution in [3.8, 4) is 0 Å². The van der Waals surface area contributed by atoms with Gasteiger partial charge in [-0.25, -0.2) is 4.98 Å². The number of carbonyl (C=O) groups excluding carboxylic acids is 1. The Hall–Kier alpha value is -2.56. The maximum absolute atomic E-state index is 12.1. The third-order valence-electron chi connectivity index (χ3n) is 3.17. The quantitative estimate of drug-likeness (QED) is 0.765. The summed E-state index contributed by atoms with van der Waals surface area (Å²) in [6.07, 6.45) is 4.34. The van der Waals surface area contributed by atoms with Gasteiger partial charge < -0.3 is 14.7 Å². The molecule has 0 fully saturated rings. The molecule has 3 aromatic rings. The number of carbonyl (C=O) groups is 1. The summed E-state index contributed by atoms with van der Waals surface area (Å²) < 4.78 is 5.44. The Morgan fingerprint density at radius 1 is 1.40 bits per heavy atom. The first-order chi connectivity index (χ1) is 9.76. The van der Waals surface area contributed by atoms with E-state index in [2.05, 4.69) is 15.3 Å². The van der Waals surface area contributed by atoms with Crippen LogP contribution in [-0.2, 0) is 13.0 Å². The second kappa shape index (κ2) is 5.21. The van der Waals surface area contributed by atoms with Crippen LogP contribution in [0.25, 0.3) is 10.9 Å².